The van der Waals surface area contributed by atoms with Gasteiger partial charge < -0.3 is 10.5 Å². The lowest BCUT2D eigenvalue weighted by Gasteiger charge is -2.34. The van der Waals surface area contributed by atoms with Crippen LogP contribution < -0.4 is 5.73 Å². The Labute approximate surface area is 109 Å². The van der Waals surface area contributed by atoms with Crippen LogP contribution in [0.4, 0.5) is 0 Å². The van der Waals surface area contributed by atoms with Crippen LogP contribution in [0.2, 0.25) is 0 Å². The van der Waals surface area contributed by atoms with Gasteiger partial charge in [-0.15, -0.1) is 0 Å². The van der Waals surface area contributed by atoms with Crippen LogP contribution >= 0.6 is 0 Å². The van der Waals surface area contributed by atoms with Crippen LogP contribution in [-0.2, 0) is 19.6 Å². The molecule has 0 aromatic heterocycles. The molecule has 106 valence electrons. The number of sulfonamides is 1. The molecule has 0 unspecified atom stereocenters. The van der Waals surface area contributed by atoms with Gasteiger partial charge in [-0.05, 0) is 25.7 Å². The van der Waals surface area contributed by atoms with Crippen molar-refractivity contribution in [3.63, 3.8) is 0 Å². The van der Waals surface area contributed by atoms with Gasteiger partial charge in [0, 0.05) is 18.6 Å². The van der Waals surface area contributed by atoms with Crippen molar-refractivity contribution in [2.24, 2.45) is 5.73 Å². The summed E-state index contributed by atoms with van der Waals surface area (Å²) in [6.07, 6.45) is 3.18. The zero-order valence-electron chi connectivity index (χ0n) is 11.0. The Morgan fingerprint density at radius 3 is 2.33 bits per heavy atom. The number of nitrogens with zero attached hydrogens (tertiary/aromatic N) is 1. The summed E-state index contributed by atoms with van der Waals surface area (Å²) in [5, 5.41) is 0. The van der Waals surface area contributed by atoms with Crippen LogP contribution in [0.1, 0.15) is 32.6 Å². The van der Waals surface area contributed by atoms with Gasteiger partial charge in [0.25, 0.3) is 0 Å². The quantitative estimate of drug-likeness (QED) is 0.719. The molecule has 1 fully saturated rings. The lowest BCUT2D eigenvalue weighted by atomic mass is 9.92. The molecule has 0 heterocycles. The lowest BCUT2D eigenvalue weighted by molar-refractivity contribution is -0.137. The fourth-order valence-corrected chi connectivity index (χ4v) is 4.00. The summed E-state index contributed by atoms with van der Waals surface area (Å²) in [6, 6.07) is 0.132. The van der Waals surface area contributed by atoms with Gasteiger partial charge in [0.2, 0.25) is 10.0 Å². The molecule has 0 aromatic rings. The molecule has 0 atom stereocenters. The second kappa shape index (κ2) is 6.49. The van der Waals surface area contributed by atoms with Crippen LogP contribution in [-0.4, -0.2) is 50.2 Å². The predicted octanol–water partition coefficient (Wildman–Crippen LogP) is 0.0810. The van der Waals surface area contributed by atoms with Crippen LogP contribution in [0.5, 0.6) is 0 Å². The number of esters is 1. The largest absolute Gasteiger partial charge is 0.468 e. The van der Waals surface area contributed by atoms with E-state index in [1.54, 1.807) is 6.92 Å². The standard InChI is InChI=1S/C11H22N2O4S/c1-3-13(10-6-4-9(12)5-7-10)18(15,16)8-11(14)17-2/h9-10H,3-8,12H2,1-2H3. The van der Waals surface area contributed by atoms with Crippen LogP contribution in [0.15, 0.2) is 0 Å². The van der Waals surface area contributed by atoms with Gasteiger partial charge in [0.05, 0.1) is 7.11 Å². The van der Waals surface area contributed by atoms with E-state index in [1.165, 1.54) is 11.4 Å². The third kappa shape index (κ3) is 3.93. The molecule has 0 aromatic carbocycles. The first-order valence-electron chi connectivity index (χ1n) is 6.22. The van der Waals surface area contributed by atoms with E-state index in [9.17, 15) is 13.2 Å². The highest BCUT2D eigenvalue weighted by Crippen LogP contribution is 2.24. The minimum Gasteiger partial charge on any atom is -0.468 e. The smallest absolute Gasteiger partial charge is 0.322 e. The van der Waals surface area contributed by atoms with Crippen molar-refractivity contribution in [1.82, 2.24) is 4.31 Å². The second-order valence-corrected chi connectivity index (χ2v) is 6.53. The lowest BCUT2D eigenvalue weighted by Crippen LogP contribution is -2.46. The molecule has 0 amide bonds. The van der Waals surface area contributed by atoms with Crippen molar-refractivity contribution in [3.05, 3.63) is 0 Å². The number of nitrogens with two attached hydrogens (primary N) is 1. The third-order valence-electron chi connectivity index (χ3n) is 3.35. The molecule has 0 bridgehead atoms. The highest BCUT2D eigenvalue weighted by Gasteiger charge is 2.32. The van der Waals surface area contributed by atoms with E-state index in [1.807, 2.05) is 0 Å². The summed E-state index contributed by atoms with van der Waals surface area (Å²) in [7, 11) is -2.39. The molecule has 1 saturated carbocycles. The molecular weight excluding hydrogens is 256 g/mol. The van der Waals surface area contributed by atoms with Crippen molar-refractivity contribution in [1.29, 1.82) is 0 Å². The molecule has 2 N–H and O–H groups in total. The molecule has 1 aliphatic carbocycles. The number of ether oxygens (including phenoxy) is 1. The fraction of sp³-hybridized carbons (Fsp3) is 0.909. The van der Waals surface area contributed by atoms with Gasteiger partial charge in [-0.3, -0.25) is 4.79 Å². The Bertz CT molecular complexity index is 375. The molecular formula is C11H22N2O4S. The Kier molecular flexibility index (Phi) is 5.55. The summed E-state index contributed by atoms with van der Waals surface area (Å²) in [5.41, 5.74) is 5.81. The highest BCUT2D eigenvalue weighted by molar-refractivity contribution is 7.89. The van der Waals surface area contributed by atoms with E-state index in [0.717, 1.165) is 25.7 Å². The second-order valence-electron chi connectivity index (χ2n) is 4.60. The van der Waals surface area contributed by atoms with E-state index in [-0.39, 0.29) is 12.1 Å². The van der Waals surface area contributed by atoms with Crippen LogP contribution in [0.25, 0.3) is 0 Å². The van der Waals surface area contributed by atoms with E-state index in [0.29, 0.717) is 6.54 Å². The molecule has 0 radical (unpaired) electrons. The first kappa shape index (κ1) is 15.4. The minimum absolute atomic E-state index is 0.0375. The fourth-order valence-electron chi connectivity index (χ4n) is 2.36. The number of carbonyl (C=O) groups excluding carboxylic acids is 1. The Balaban J connectivity index is 2.73. The predicted molar refractivity (Wildman–Crippen MR) is 68.4 cm³/mol. The van der Waals surface area contributed by atoms with Gasteiger partial charge in [0.15, 0.2) is 5.75 Å². The summed E-state index contributed by atoms with van der Waals surface area (Å²) in [4.78, 5) is 11.1. The highest BCUT2D eigenvalue weighted by atomic mass is 32.2. The maximum Gasteiger partial charge on any atom is 0.322 e. The van der Waals surface area contributed by atoms with Crippen molar-refractivity contribution in [2.45, 2.75) is 44.7 Å². The molecule has 1 rings (SSSR count). The summed E-state index contributed by atoms with van der Waals surface area (Å²) >= 11 is 0. The van der Waals surface area contributed by atoms with Crippen molar-refractivity contribution >= 4 is 16.0 Å². The molecule has 0 spiro atoms. The Morgan fingerprint density at radius 1 is 1.33 bits per heavy atom. The average Bonchev–Trinajstić information content (AvgIpc) is 2.31. The Morgan fingerprint density at radius 2 is 1.89 bits per heavy atom. The number of rotatable bonds is 5. The summed E-state index contributed by atoms with van der Waals surface area (Å²) in [5.74, 6) is -1.30. The molecule has 7 heteroatoms. The first-order valence-corrected chi connectivity index (χ1v) is 7.83. The summed E-state index contributed by atoms with van der Waals surface area (Å²) < 4.78 is 30.0. The topological polar surface area (TPSA) is 89.7 Å². The van der Waals surface area contributed by atoms with Crippen molar-refractivity contribution in [2.75, 3.05) is 19.4 Å². The Hall–Kier alpha value is -0.660. The van der Waals surface area contributed by atoms with E-state index < -0.39 is 21.7 Å². The maximum absolute atomic E-state index is 12.1. The van der Waals surface area contributed by atoms with Gasteiger partial charge in [-0.2, -0.15) is 4.31 Å². The van der Waals surface area contributed by atoms with Crippen LogP contribution in [0.3, 0.4) is 0 Å². The van der Waals surface area contributed by atoms with Crippen molar-refractivity contribution in [3.8, 4) is 0 Å². The molecule has 0 aliphatic heterocycles. The van der Waals surface area contributed by atoms with Gasteiger partial charge in [-0.25, -0.2) is 8.42 Å². The SMILES string of the molecule is CCN(C1CCC(N)CC1)S(=O)(=O)CC(=O)OC. The van der Waals surface area contributed by atoms with E-state index in [4.69, 9.17) is 5.73 Å². The molecule has 18 heavy (non-hydrogen) atoms. The van der Waals surface area contributed by atoms with E-state index >= 15 is 0 Å². The molecule has 0 saturated heterocycles. The van der Waals surface area contributed by atoms with Crippen LogP contribution in [0, 0.1) is 0 Å². The number of hydrogen-bond donors (Lipinski definition) is 1. The molecule has 6 nitrogen and oxygen atoms in total. The monoisotopic (exact) mass is 278 g/mol. The zero-order chi connectivity index (χ0) is 13.8. The van der Waals surface area contributed by atoms with Gasteiger partial charge >= 0.3 is 5.97 Å². The normalized spacial score (nSPS) is 25.1. The first-order chi connectivity index (χ1) is 8.40. The van der Waals surface area contributed by atoms with Crippen molar-refractivity contribution < 1.29 is 17.9 Å². The van der Waals surface area contributed by atoms with Gasteiger partial charge in [-0.1, -0.05) is 6.92 Å². The number of methoxy groups -OCH3 is 1. The minimum atomic E-state index is -3.58. The molecule has 1 aliphatic rings. The third-order valence-corrected chi connectivity index (χ3v) is 5.22. The van der Waals surface area contributed by atoms with E-state index in [2.05, 4.69) is 4.74 Å². The number of carbonyl (C=O) groups is 1. The summed E-state index contributed by atoms with van der Waals surface area (Å²) in [6.45, 7) is 2.16. The average molecular weight is 278 g/mol. The number of hydrogen-bond acceptors (Lipinski definition) is 5. The zero-order valence-corrected chi connectivity index (χ0v) is 11.8. The van der Waals surface area contributed by atoms with Gasteiger partial charge in [0.1, 0.15) is 0 Å². The maximum atomic E-state index is 12.1.